The molecule has 0 heterocycles. The summed E-state index contributed by atoms with van der Waals surface area (Å²) in [5.41, 5.74) is 0.936. The van der Waals surface area contributed by atoms with Crippen LogP contribution in [-0.4, -0.2) is 20.6 Å². The van der Waals surface area contributed by atoms with E-state index >= 15 is 0 Å². The summed E-state index contributed by atoms with van der Waals surface area (Å²) in [4.78, 5) is 11.6. The molecule has 6 heteroatoms. The number of allylic oxidation sites excluding steroid dienone is 1. The lowest BCUT2D eigenvalue weighted by Crippen LogP contribution is -2.33. The van der Waals surface area contributed by atoms with Gasteiger partial charge in [0.2, 0.25) is 0 Å². The van der Waals surface area contributed by atoms with Crippen LogP contribution in [0.25, 0.3) is 0 Å². The molecule has 1 aromatic rings. The number of sulfonamides is 1. The van der Waals surface area contributed by atoms with E-state index in [0.717, 1.165) is 5.56 Å². The van der Waals surface area contributed by atoms with E-state index < -0.39 is 22.2 Å². The van der Waals surface area contributed by atoms with Gasteiger partial charge in [-0.1, -0.05) is 30.7 Å². The summed E-state index contributed by atoms with van der Waals surface area (Å²) in [7, 11) is -3.89. The summed E-state index contributed by atoms with van der Waals surface area (Å²) < 4.78 is 30.8. The summed E-state index contributed by atoms with van der Waals surface area (Å²) in [6, 6.07) is 6.20. The van der Waals surface area contributed by atoms with Gasteiger partial charge >= 0.3 is 6.09 Å². The van der Waals surface area contributed by atoms with Crippen molar-refractivity contribution in [2.75, 3.05) is 0 Å². The van der Waals surface area contributed by atoms with Crippen LogP contribution >= 0.6 is 0 Å². The van der Waals surface area contributed by atoms with Crippen molar-refractivity contribution in [2.24, 2.45) is 0 Å². The van der Waals surface area contributed by atoms with Crippen molar-refractivity contribution in [3.63, 3.8) is 0 Å². The lowest BCUT2D eigenvalue weighted by atomic mass is 10.2. The zero-order valence-corrected chi connectivity index (χ0v) is 12.6. The van der Waals surface area contributed by atoms with E-state index in [0.29, 0.717) is 6.42 Å². The zero-order valence-electron chi connectivity index (χ0n) is 11.8. The summed E-state index contributed by atoms with van der Waals surface area (Å²) in [5.74, 6) is 0. The van der Waals surface area contributed by atoms with E-state index in [1.165, 1.54) is 12.1 Å². The van der Waals surface area contributed by atoms with Gasteiger partial charge in [-0.3, -0.25) is 0 Å². The van der Waals surface area contributed by atoms with E-state index in [1.807, 2.05) is 18.6 Å². The van der Waals surface area contributed by atoms with Crippen LogP contribution in [0.3, 0.4) is 0 Å². The zero-order chi connectivity index (χ0) is 15.2. The molecule has 0 bridgehead atoms. The second-order valence-corrected chi connectivity index (χ2v) is 5.98. The van der Waals surface area contributed by atoms with Crippen molar-refractivity contribution in [1.82, 2.24) is 4.72 Å². The van der Waals surface area contributed by atoms with Crippen molar-refractivity contribution in [1.29, 1.82) is 0 Å². The number of nitrogens with one attached hydrogen (secondary N) is 1. The number of hydrogen-bond acceptors (Lipinski definition) is 4. The van der Waals surface area contributed by atoms with Gasteiger partial charge in [-0.15, -0.1) is 0 Å². The number of rotatable bonds is 5. The van der Waals surface area contributed by atoms with Crippen LogP contribution in [0.2, 0.25) is 0 Å². The van der Waals surface area contributed by atoms with Crippen LogP contribution in [0.4, 0.5) is 4.79 Å². The van der Waals surface area contributed by atoms with Gasteiger partial charge in [0.05, 0.1) is 4.90 Å². The molecule has 0 spiro atoms. The average molecular weight is 297 g/mol. The third kappa shape index (κ3) is 4.70. The first-order chi connectivity index (χ1) is 9.39. The minimum absolute atomic E-state index is 0.0270. The van der Waals surface area contributed by atoms with Crippen LogP contribution in [0.5, 0.6) is 0 Å². The molecule has 0 aliphatic rings. The molecule has 1 aromatic carbocycles. The highest BCUT2D eigenvalue weighted by Crippen LogP contribution is 2.10. The van der Waals surface area contributed by atoms with E-state index in [2.05, 4.69) is 0 Å². The molecule has 1 rings (SSSR count). The van der Waals surface area contributed by atoms with Crippen molar-refractivity contribution in [3.8, 4) is 0 Å². The normalized spacial score (nSPS) is 13.2. The van der Waals surface area contributed by atoms with E-state index in [4.69, 9.17) is 4.74 Å². The quantitative estimate of drug-likeness (QED) is 0.848. The number of hydrogen-bond donors (Lipinski definition) is 1. The van der Waals surface area contributed by atoms with Gasteiger partial charge < -0.3 is 4.74 Å². The Morgan fingerprint density at radius 3 is 2.45 bits per heavy atom. The summed E-state index contributed by atoms with van der Waals surface area (Å²) in [5, 5.41) is 0. The number of carbonyl (C=O) groups excluding carboxylic acids is 1. The van der Waals surface area contributed by atoms with E-state index in [9.17, 15) is 13.2 Å². The number of amides is 1. The van der Waals surface area contributed by atoms with Gasteiger partial charge in [0, 0.05) is 0 Å². The second kappa shape index (κ2) is 7.09. The van der Waals surface area contributed by atoms with Crippen molar-refractivity contribution < 1.29 is 17.9 Å². The molecule has 1 N–H and O–H groups in total. The lowest BCUT2D eigenvalue weighted by molar-refractivity contribution is 0.123. The minimum Gasteiger partial charge on any atom is -0.441 e. The Morgan fingerprint density at radius 1 is 1.35 bits per heavy atom. The topological polar surface area (TPSA) is 72.5 Å². The van der Waals surface area contributed by atoms with Gasteiger partial charge in [-0.25, -0.2) is 17.9 Å². The molecule has 1 amide bonds. The van der Waals surface area contributed by atoms with E-state index in [1.54, 1.807) is 31.2 Å². The highest BCUT2D eigenvalue weighted by molar-refractivity contribution is 7.90. The van der Waals surface area contributed by atoms with Gasteiger partial charge in [0.25, 0.3) is 10.0 Å². The third-order valence-electron chi connectivity index (χ3n) is 2.62. The highest BCUT2D eigenvalue weighted by Gasteiger charge is 2.19. The Hall–Kier alpha value is -1.82. The molecule has 1 unspecified atom stereocenters. The molecule has 1 atom stereocenters. The minimum atomic E-state index is -3.89. The third-order valence-corrected chi connectivity index (χ3v) is 3.95. The predicted octanol–water partition coefficient (Wildman–Crippen LogP) is 2.76. The molecule has 0 saturated carbocycles. The Kier molecular flexibility index (Phi) is 5.76. The largest absolute Gasteiger partial charge is 0.441 e. The summed E-state index contributed by atoms with van der Waals surface area (Å²) >= 11 is 0. The molecule has 0 aromatic heterocycles. The highest BCUT2D eigenvalue weighted by atomic mass is 32.2. The van der Waals surface area contributed by atoms with Crippen LogP contribution in [0.1, 0.15) is 25.8 Å². The number of benzene rings is 1. The second-order valence-electron chi connectivity index (χ2n) is 4.30. The first-order valence-electron chi connectivity index (χ1n) is 6.32. The van der Waals surface area contributed by atoms with Gasteiger partial charge in [-0.2, -0.15) is 0 Å². The van der Waals surface area contributed by atoms with Crippen molar-refractivity contribution >= 4 is 16.1 Å². The molecule has 0 aliphatic carbocycles. The molecule has 0 saturated heterocycles. The van der Waals surface area contributed by atoms with E-state index in [-0.39, 0.29) is 4.90 Å². The Morgan fingerprint density at radius 2 is 1.95 bits per heavy atom. The van der Waals surface area contributed by atoms with Crippen molar-refractivity contribution in [3.05, 3.63) is 42.0 Å². The molecule has 5 nitrogen and oxygen atoms in total. The molecule has 0 aliphatic heterocycles. The lowest BCUT2D eigenvalue weighted by Gasteiger charge is -2.13. The van der Waals surface area contributed by atoms with Crippen molar-refractivity contribution in [2.45, 2.75) is 38.2 Å². The standard InChI is InChI=1S/C14H19NO4S/c1-4-6-12(5-2)19-14(16)15-20(17,18)13-9-7-11(3)8-10-13/h4,6-10,12H,5H2,1-3H3,(H,15,16)/b6-4+. The first kappa shape index (κ1) is 16.2. The summed E-state index contributed by atoms with van der Waals surface area (Å²) in [6.07, 6.45) is 2.60. The molecule has 20 heavy (non-hydrogen) atoms. The number of aryl methyl sites for hydroxylation is 1. The van der Waals surface area contributed by atoms with Gasteiger partial charge in [0.1, 0.15) is 6.10 Å². The predicted molar refractivity (Wildman–Crippen MR) is 76.9 cm³/mol. The number of carbonyl (C=O) groups is 1. The van der Waals surface area contributed by atoms with Crippen LogP contribution in [0, 0.1) is 6.92 Å². The van der Waals surface area contributed by atoms with Crippen LogP contribution in [-0.2, 0) is 14.8 Å². The van der Waals surface area contributed by atoms with Crippen LogP contribution < -0.4 is 4.72 Å². The maximum absolute atomic E-state index is 12.0. The fourth-order valence-corrected chi connectivity index (χ4v) is 2.40. The van der Waals surface area contributed by atoms with Gasteiger partial charge in [0.15, 0.2) is 0 Å². The summed E-state index contributed by atoms with van der Waals surface area (Å²) in [6.45, 7) is 5.49. The SMILES string of the molecule is C/C=C/C(CC)OC(=O)NS(=O)(=O)c1ccc(C)cc1. The first-order valence-corrected chi connectivity index (χ1v) is 7.80. The maximum Gasteiger partial charge on any atom is 0.421 e. The smallest absolute Gasteiger partial charge is 0.421 e. The monoisotopic (exact) mass is 297 g/mol. The fraction of sp³-hybridized carbons (Fsp3) is 0.357. The Bertz CT molecular complexity index is 576. The average Bonchev–Trinajstić information content (AvgIpc) is 2.38. The Labute approximate surface area is 119 Å². The molecule has 0 radical (unpaired) electrons. The molecule has 110 valence electrons. The van der Waals surface area contributed by atoms with Crippen LogP contribution in [0.15, 0.2) is 41.3 Å². The maximum atomic E-state index is 12.0. The Balaban J connectivity index is 2.76. The fourth-order valence-electron chi connectivity index (χ4n) is 1.52. The van der Waals surface area contributed by atoms with Gasteiger partial charge in [-0.05, 0) is 38.5 Å². The number of ether oxygens (including phenoxy) is 1. The molecular weight excluding hydrogens is 278 g/mol. The molecule has 0 fully saturated rings. The molecular formula is C14H19NO4S.